The molecule has 0 unspecified atom stereocenters. The summed E-state index contributed by atoms with van der Waals surface area (Å²) in [4.78, 5) is 14.8. The van der Waals surface area contributed by atoms with E-state index in [1.165, 1.54) is 12.1 Å². The van der Waals surface area contributed by atoms with E-state index in [0.29, 0.717) is 11.7 Å². The summed E-state index contributed by atoms with van der Waals surface area (Å²) in [5, 5.41) is 15.2. The summed E-state index contributed by atoms with van der Waals surface area (Å²) in [7, 11) is 0. The van der Waals surface area contributed by atoms with Gasteiger partial charge in [-0.3, -0.25) is 0 Å². The van der Waals surface area contributed by atoms with Gasteiger partial charge in [-0.1, -0.05) is 5.16 Å². The van der Waals surface area contributed by atoms with Gasteiger partial charge in [0.2, 0.25) is 5.89 Å². The molecule has 0 radical (unpaired) electrons. The van der Waals surface area contributed by atoms with Gasteiger partial charge in [0.1, 0.15) is 0 Å². The van der Waals surface area contributed by atoms with Gasteiger partial charge in [0, 0.05) is 0 Å². The molecule has 1 heterocycles. The highest BCUT2D eigenvalue weighted by molar-refractivity contribution is 9.10. The number of carboxylic acids is 1. The Balaban J connectivity index is 2.17. The quantitative estimate of drug-likeness (QED) is 0.896. The lowest BCUT2D eigenvalue weighted by atomic mass is 10.2. The number of rotatable bonds is 4. The third-order valence-corrected chi connectivity index (χ3v) is 3.09. The standard InChI is InChI=1S/C11H9BrFN3O3/c1-5-15-8(19-16-5)4-14-7-3-2-6(11(17)18)9(12)10(7)13/h2-3,14H,4H2,1H3,(H,17,18). The largest absolute Gasteiger partial charge is 0.478 e. The lowest BCUT2D eigenvalue weighted by molar-refractivity contribution is 0.0695. The van der Waals surface area contributed by atoms with E-state index in [-0.39, 0.29) is 22.3 Å². The molecule has 2 aromatic rings. The molecular formula is C11H9BrFN3O3. The monoisotopic (exact) mass is 329 g/mol. The molecule has 0 atom stereocenters. The Bertz CT molecular complexity index is 630. The molecule has 0 amide bonds. The first kappa shape index (κ1) is 13.5. The van der Waals surface area contributed by atoms with Crippen molar-refractivity contribution in [1.82, 2.24) is 10.1 Å². The zero-order chi connectivity index (χ0) is 14.0. The summed E-state index contributed by atoms with van der Waals surface area (Å²) < 4.78 is 18.7. The first-order chi connectivity index (χ1) is 8.99. The Morgan fingerprint density at radius 1 is 1.58 bits per heavy atom. The zero-order valence-electron chi connectivity index (χ0n) is 9.78. The highest BCUT2D eigenvalue weighted by Crippen LogP contribution is 2.27. The van der Waals surface area contributed by atoms with Gasteiger partial charge in [0.15, 0.2) is 11.6 Å². The van der Waals surface area contributed by atoms with Crippen molar-refractivity contribution in [1.29, 1.82) is 0 Å². The maximum absolute atomic E-state index is 13.9. The number of carbonyl (C=O) groups is 1. The number of nitrogens with zero attached hydrogens (tertiary/aromatic N) is 2. The van der Waals surface area contributed by atoms with E-state index in [9.17, 15) is 9.18 Å². The number of aromatic nitrogens is 2. The fraction of sp³-hybridized carbons (Fsp3) is 0.182. The van der Waals surface area contributed by atoms with E-state index >= 15 is 0 Å². The molecule has 0 aliphatic carbocycles. The Hall–Kier alpha value is -1.96. The SMILES string of the molecule is Cc1noc(CNc2ccc(C(=O)O)c(Br)c2F)n1. The lowest BCUT2D eigenvalue weighted by Crippen LogP contribution is -2.05. The third kappa shape index (κ3) is 2.90. The molecule has 0 spiro atoms. The van der Waals surface area contributed by atoms with E-state index in [0.717, 1.165) is 0 Å². The summed E-state index contributed by atoms with van der Waals surface area (Å²) in [5.74, 6) is -1.09. The first-order valence-electron chi connectivity index (χ1n) is 5.23. The van der Waals surface area contributed by atoms with Gasteiger partial charge in [-0.05, 0) is 35.0 Å². The number of halogens is 2. The molecule has 19 heavy (non-hydrogen) atoms. The van der Waals surface area contributed by atoms with Crippen LogP contribution in [-0.4, -0.2) is 21.2 Å². The molecule has 1 aromatic carbocycles. The van der Waals surface area contributed by atoms with Crippen LogP contribution in [0.25, 0.3) is 0 Å². The number of aryl methyl sites for hydroxylation is 1. The average molecular weight is 330 g/mol. The molecule has 0 aliphatic heterocycles. The van der Waals surface area contributed by atoms with Crippen molar-refractivity contribution in [2.45, 2.75) is 13.5 Å². The number of nitrogens with one attached hydrogen (secondary N) is 1. The van der Waals surface area contributed by atoms with E-state index in [2.05, 4.69) is 31.4 Å². The third-order valence-electron chi connectivity index (χ3n) is 2.31. The first-order valence-corrected chi connectivity index (χ1v) is 6.02. The summed E-state index contributed by atoms with van der Waals surface area (Å²) >= 11 is 2.91. The van der Waals surface area contributed by atoms with Gasteiger partial charge in [-0.25, -0.2) is 9.18 Å². The Kier molecular flexibility index (Phi) is 3.79. The highest BCUT2D eigenvalue weighted by Gasteiger charge is 2.16. The molecule has 0 fully saturated rings. The summed E-state index contributed by atoms with van der Waals surface area (Å²) in [6.45, 7) is 1.82. The van der Waals surface area contributed by atoms with Crippen LogP contribution < -0.4 is 5.32 Å². The minimum absolute atomic E-state index is 0.105. The van der Waals surface area contributed by atoms with Gasteiger partial charge in [-0.15, -0.1) is 0 Å². The highest BCUT2D eigenvalue weighted by atomic mass is 79.9. The molecule has 8 heteroatoms. The predicted molar refractivity (Wildman–Crippen MR) is 67.4 cm³/mol. The van der Waals surface area contributed by atoms with Crippen molar-refractivity contribution in [2.24, 2.45) is 0 Å². The van der Waals surface area contributed by atoms with Crippen LogP contribution in [0, 0.1) is 12.7 Å². The van der Waals surface area contributed by atoms with Crippen molar-refractivity contribution in [3.63, 3.8) is 0 Å². The zero-order valence-corrected chi connectivity index (χ0v) is 11.4. The number of aromatic carboxylic acids is 1. The van der Waals surface area contributed by atoms with Crippen LogP contribution in [0.2, 0.25) is 0 Å². The van der Waals surface area contributed by atoms with Crippen molar-refractivity contribution in [2.75, 3.05) is 5.32 Å². The predicted octanol–water partition coefficient (Wildman–Crippen LogP) is 2.59. The molecule has 0 saturated heterocycles. The van der Waals surface area contributed by atoms with Crippen LogP contribution >= 0.6 is 15.9 Å². The van der Waals surface area contributed by atoms with E-state index in [1.54, 1.807) is 6.92 Å². The summed E-state index contributed by atoms with van der Waals surface area (Å²) in [5.41, 5.74) is 0.00409. The Morgan fingerprint density at radius 3 is 2.89 bits per heavy atom. The molecule has 2 N–H and O–H groups in total. The van der Waals surface area contributed by atoms with Gasteiger partial charge < -0.3 is 14.9 Å². The summed E-state index contributed by atoms with van der Waals surface area (Å²) in [6, 6.07) is 2.64. The minimum atomic E-state index is -1.20. The second-order valence-corrected chi connectivity index (χ2v) is 4.48. The van der Waals surface area contributed by atoms with E-state index in [4.69, 9.17) is 9.63 Å². The molecule has 6 nitrogen and oxygen atoms in total. The van der Waals surface area contributed by atoms with Crippen LogP contribution in [0.15, 0.2) is 21.1 Å². The number of anilines is 1. The van der Waals surface area contributed by atoms with Crippen molar-refractivity contribution in [3.8, 4) is 0 Å². The fourth-order valence-electron chi connectivity index (χ4n) is 1.43. The molecule has 1 aromatic heterocycles. The fourth-order valence-corrected chi connectivity index (χ4v) is 1.95. The molecule has 0 bridgehead atoms. The van der Waals surface area contributed by atoms with Crippen molar-refractivity contribution < 1.29 is 18.8 Å². The average Bonchev–Trinajstić information content (AvgIpc) is 2.76. The molecule has 0 saturated carbocycles. The molecule has 0 aliphatic rings. The maximum atomic E-state index is 13.9. The minimum Gasteiger partial charge on any atom is -0.478 e. The number of hydrogen-bond donors (Lipinski definition) is 2. The number of hydrogen-bond acceptors (Lipinski definition) is 5. The second-order valence-electron chi connectivity index (χ2n) is 3.68. The maximum Gasteiger partial charge on any atom is 0.336 e. The smallest absolute Gasteiger partial charge is 0.336 e. The van der Waals surface area contributed by atoms with Gasteiger partial charge in [0.05, 0.1) is 22.3 Å². The molecule has 100 valence electrons. The van der Waals surface area contributed by atoms with Gasteiger partial charge in [-0.2, -0.15) is 4.98 Å². The lowest BCUT2D eigenvalue weighted by Gasteiger charge is -2.08. The van der Waals surface area contributed by atoms with E-state index < -0.39 is 11.8 Å². The van der Waals surface area contributed by atoms with Crippen LogP contribution in [0.3, 0.4) is 0 Å². The number of carboxylic acid groups (broad SMARTS) is 1. The normalized spacial score (nSPS) is 10.5. The van der Waals surface area contributed by atoms with Crippen LogP contribution in [0.5, 0.6) is 0 Å². The van der Waals surface area contributed by atoms with Gasteiger partial charge >= 0.3 is 5.97 Å². The Morgan fingerprint density at radius 2 is 2.32 bits per heavy atom. The topological polar surface area (TPSA) is 88.2 Å². The van der Waals surface area contributed by atoms with Crippen molar-refractivity contribution in [3.05, 3.63) is 39.7 Å². The summed E-state index contributed by atoms with van der Waals surface area (Å²) in [6.07, 6.45) is 0. The van der Waals surface area contributed by atoms with Crippen LogP contribution in [0.1, 0.15) is 22.1 Å². The number of benzene rings is 1. The Labute approximate surface area is 115 Å². The van der Waals surface area contributed by atoms with E-state index in [1.807, 2.05) is 0 Å². The molecular weight excluding hydrogens is 321 g/mol. The molecule has 2 rings (SSSR count). The van der Waals surface area contributed by atoms with Crippen LogP contribution in [0.4, 0.5) is 10.1 Å². The van der Waals surface area contributed by atoms with Crippen LogP contribution in [-0.2, 0) is 6.54 Å². The second kappa shape index (κ2) is 5.35. The van der Waals surface area contributed by atoms with Gasteiger partial charge in [0.25, 0.3) is 0 Å². The van der Waals surface area contributed by atoms with Crippen molar-refractivity contribution >= 4 is 27.6 Å².